The molecule has 0 aliphatic rings. The van der Waals surface area contributed by atoms with Crippen molar-refractivity contribution in [2.24, 2.45) is 0 Å². The molecule has 0 saturated carbocycles. The molecule has 0 radical (unpaired) electrons. The van der Waals surface area contributed by atoms with E-state index in [1.54, 1.807) is 48.8 Å². The molecule has 7 nitrogen and oxygen atoms in total. The van der Waals surface area contributed by atoms with Gasteiger partial charge < -0.3 is 10.1 Å². The predicted octanol–water partition coefficient (Wildman–Crippen LogP) is 1.64. The second-order valence-corrected chi connectivity index (χ2v) is 5.47. The third kappa shape index (κ3) is 4.48. The van der Waals surface area contributed by atoms with Gasteiger partial charge in [-0.2, -0.15) is 0 Å². The molecule has 0 spiro atoms. The fourth-order valence-corrected chi connectivity index (χ4v) is 2.60. The number of nitrogens with two attached hydrogens (primary N) is 1. The second-order valence-electron chi connectivity index (χ2n) is 5.47. The molecular formula is C18H19N2O5+. The Labute approximate surface area is 144 Å². The molecule has 0 aliphatic heterocycles. The zero-order valence-corrected chi connectivity index (χ0v) is 13.9. The SMILES string of the molecule is C[NH2+][C@@H](C(=O)c1ccccc1)[C@H](OC(C)=O)c1cccc([N+](=O)[O-])c1. The molecular weight excluding hydrogens is 324 g/mol. The van der Waals surface area contributed by atoms with Crippen LogP contribution in [-0.2, 0) is 9.53 Å². The maximum atomic E-state index is 12.8. The summed E-state index contributed by atoms with van der Waals surface area (Å²) in [6, 6.07) is 13.7. The van der Waals surface area contributed by atoms with Gasteiger partial charge in [-0.15, -0.1) is 0 Å². The summed E-state index contributed by atoms with van der Waals surface area (Å²) < 4.78 is 5.35. The van der Waals surface area contributed by atoms with Crippen LogP contribution in [0.3, 0.4) is 0 Å². The van der Waals surface area contributed by atoms with Gasteiger partial charge in [0.15, 0.2) is 12.1 Å². The number of likely N-dealkylation sites (N-methyl/N-ethyl adjacent to an activating group) is 1. The van der Waals surface area contributed by atoms with E-state index >= 15 is 0 Å². The van der Waals surface area contributed by atoms with Crippen LogP contribution in [0.5, 0.6) is 0 Å². The number of ketones is 1. The Morgan fingerprint density at radius 1 is 1.12 bits per heavy atom. The van der Waals surface area contributed by atoms with Gasteiger partial charge in [0.2, 0.25) is 5.78 Å². The van der Waals surface area contributed by atoms with Crippen molar-refractivity contribution in [2.75, 3.05) is 7.05 Å². The van der Waals surface area contributed by atoms with E-state index in [0.717, 1.165) is 0 Å². The Hall–Kier alpha value is -3.06. The first-order chi connectivity index (χ1) is 11.9. The van der Waals surface area contributed by atoms with Crippen LogP contribution in [0, 0.1) is 10.1 Å². The molecule has 2 aromatic carbocycles. The van der Waals surface area contributed by atoms with E-state index in [1.165, 1.54) is 25.1 Å². The van der Waals surface area contributed by atoms with Gasteiger partial charge >= 0.3 is 5.97 Å². The summed E-state index contributed by atoms with van der Waals surface area (Å²) in [5.41, 5.74) is 0.752. The van der Waals surface area contributed by atoms with E-state index in [4.69, 9.17) is 4.74 Å². The van der Waals surface area contributed by atoms with Gasteiger partial charge in [0, 0.05) is 30.2 Å². The molecule has 25 heavy (non-hydrogen) atoms. The number of Topliss-reactive ketones (excluding diaryl/α,β-unsaturated/α-hetero) is 1. The summed E-state index contributed by atoms with van der Waals surface area (Å²) in [5.74, 6) is -0.787. The molecule has 130 valence electrons. The number of hydrogen-bond donors (Lipinski definition) is 1. The first-order valence-electron chi connectivity index (χ1n) is 7.74. The zero-order chi connectivity index (χ0) is 18.4. The van der Waals surface area contributed by atoms with Gasteiger partial charge in [0.25, 0.3) is 5.69 Å². The largest absolute Gasteiger partial charge is 0.451 e. The molecule has 0 unspecified atom stereocenters. The minimum atomic E-state index is -0.935. The average molecular weight is 343 g/mol. The topological polar surface area (TPSA) is 103 Å². The fraction of sp³-hybridized carbons (Fsp3) is 0.222. The van der Waals surface area contributed by atoms with Crippen molar-refractivity contribution in [3.63, 3.8) is 0 Å². The molecule has 0 bridgehead atoms. The number of quaternary nitrogens is 1. The maximum Gasteiger partial charge on any atom is 0.303 e. The lowest BCUT2D eigenvalue weighted by molar-refractivity contribution is -0.657. The Kier molecular flexibility index (Phi) is 5.97. The fourth-order valence-electron chi connectivity index (χ4n) is 2.60. The van der Waals surface area contributed by atoms with E-state index in [0.29, 0.717) is 11.1 Å². The minimum Gasteiger partial charge on any atom is -0.451 e. The first-order valence-corrected chi connectivity index (χ1v) is 7.74. The Morgan fingerprint density at radius 3 is 2.36 bits per heavy atom. The molecule has 0 fully saturated rings. The van der Waals surface area contributed by atoms with Crippen molar-refractivity contribution in [3.05, 3.63) is 75.8 Å². The Bertz CT molecular complexity index is 776. The van der Waals surface area contributed by atoms with Gasteiger partial charge in [-0.05, 0) is 0 Å². The highest BCUT2D eigenvalue weighted by Gasteiger charge is 2.35. The number of nitrogens with zero attached hydrogens (tertiary/aromatic N) is 1. The molecule has 2 atom stereocenters. The molecule has 7 heteroatoms. The minimum absolute atomic E-state index is 0.128. The van der Waals surface area contributed by atoms with Crippen molar-refractivity contribution >= 4 is 17.4 Å². The molecule has 0 aromatic heterocycles. The summed E-state index contributed by atoms with van der Waals surface area (Å²) in [6.45, 7) is 1.24. The van der Waals surface area contributed by atoms with Crippen molar-refractivity contribution in [1.29, 1.82) is 0 Å². The van der Waals surface area contributed by atoms with Crippen LogP contribution in [0.15, 0.2) is 54.6 Å². The molecule has 0 aliphatic carbocycles. The van der Waals surface area contributed by atoms with E-state index in [9.17, 15) is 19.7 Å². The van der Waals surface area contributed by atoms with E-state index < -0.39 is 23.0 Å². The van der Waals surface area contributed by atoms with Crippen molar-refractivity contribution in [1.82, 2.24) is 0 Å². The number of nitro groups is 1. The lowest BCUT2D eigenvalue weighted by Gasteiger charge is -2.23. The van der Waals surface area contributed by atoms with Gasteiger partial charge in [0.1, 0.15) is 0 Å². The van der Waals surface area contributed by atoms with E-state index in [-0.39, 0.29) is 11.5 Å². The monoisotopic (exact) mass is 343 g/mol. The smallest absolute Gasteiger partial charge is 0.303 e. The Morgan fingerprint density at radius 2 is 1.80 bits per heavy atom. The van der Waals surface area contributed by atoms with Gasteiger partial charge in [-0.1, -0.05) is 42.5 Å². The maximum absolute atomic E-state index is 12.8. The van der Waals surface area contributed by atoms with Crippen LogP contribution in [0.4, 0.5) is 5.69 Å². The number of ether oxygens (including phenoxy) is 1. The van der Waals surface area contributed by atoms with Gasteiger partial charge in [-0.3, -0.25) is 19.7 Å². The number of non-ortho nitro benzene ring substituents is 1. The zero-order valence-electron chi connectivity index (χ0n) is 13.9. The van der Waals surface area contributed by atoms with E-state index in [2.05, 4.69) is 0 Å². The normalized spacial score (nSPS) is 12.9. The van der Waals surface area contributed by atoms with Crippen molar-refractivity contribution < 1.29 is 24.6 Å². The van der Waals surface area contributed by atoms with Crippen LogP contribution < -0.4 is 5.32 Å². The highest BCUT2D eigenvalue weighted by molar-refractivity contribution is 5.99. The molecule has 2 N–H and O–H groups in total. The van der Waals surface area contributed by atoms with Crippen LogP contribution in [0.1, 0.15) is 28.9 Å². The predicted molar refractivity (Wildman–Crippen MR) is 90.0 cm³/mol. The van der Waals surface area contributed by atoms with Crippen molar-refractivity contribution in [3.8, 4) is 0 Å². The highest BCUT2D eigenvalue weighted by Crippen LogP contribution is 2.25. The van der Waals surface area contributed by atoms with Crippen molar-refractivity contribution in [2.45, 2.75) is 19.1 Å². The lowest BCUT2D eigenvalue weighted by Crippen LogP contribution is -2.89. The van der Waals surface area contributed by atoms with Crippen LogP contribution in [0.2, 0.25) is 0 Å². The summed E-state index contributed by atoms with van der Waals surface area (Å²) in [4.78, 5) is 34.9. The second kappa shape index (κ2) is 8.16. The lowest BCUT2D eigenvalue weighted by atomic mass is 9.94. The van der Waals surface area contributed by atoms with Crippen LogP contribution in [0.25, 0.3) is 0 Å². The quantitative estimate of drug-likeness (QED) is 0.356. The molecule has 0 saturated heterocycles. The number of hydrogen-bond acceptors (Lipinski definition) is 5. The van der Waals surface area contributed by atoms with Gasteiger partial charge in [0.05, 0.1) is 12.0 Å². The Balaban J connectivity index is 2.44. The van der Waals surface area contributed by atoms with Crippen LogP contribution >= 0.6 is 0 Å². The molecule has 2 aromatic rings. The summed E-state index contributed by atoms with van der Waals surface area (Å²) >= 11 is 0. The summed E-state index contributed by atoms with van der Waals surface area (Å²) in [7, 11) is 1.69. The number of benzene rings is 2. The van der Waals surface area contributed by atoms with E-state index in [1.807, 2.05) is 0 Å². The molecule has 0 amide bonds. The molecule has 0 heterocycles. The highest BCUT2D eigenvalue weighted by atomic mass is 16.6. The standard InChI is InChI=1S/C18H18N2O5/c1-12(21)25-18(14-9-6-10-15(11-14)20(23)24)16(19-2)17(22)13-7-4-3-5-8-13/h3-11,16,18-19H,1-2H3/p+1/t16-,18+/m0/s1. The molecule has 2 rings (SSSR count). The number of carbonyl (C=O) groups is 2. The summed E-state index contributed by atoms with van der Waals surface area (Å²) in [5, 5.41) is 12.7. The third-order valence-electron chi connectivity index (χ3n) is 3.75. The first kappa shape index (κ1) is 18.3. The number of nitro benzene ring substituents is 1. The average Bonchev–Trinajstić information content (AvgIpc) is 2.62. The number of carbonyl (C=O) groups excluding carboxylic acids is 2. The number of rotatable bonds is 7. The van der Waals surface area contributed by atoms with Gasteiger partial charge in [-0.25, -0.2) is 0 Å². The summed E-state index contributed by atoms with van der Waals surface area (Å²) in [6.07, 6.45) is -0.935. The third-order valence-corrected chi connectivity index (χ3v) is 3.75. The number of esters is 1. The van der Waals surface area contributed by atoms with Crippen LogP contribution in [-0.4, -0.2) is 29.8 Å².